The number of hydrogen-bond donors (Lipinski definition) is 1. The Morgan fingerprint density at radius 3 is 2.84 bits per heavy atom. The Balaban J connectivity index is 1.68. The first-order valence-electron chi connectivity index (χ1n) is 8.77. The first-order chi connectivity index (χ1) is 12.2. The van der Waals surface area contributed by atoms with Crippen LogP contribution in [0, 0.1) is 0 Å². The second kappa shape index (κ2) is 8.07. The molecule has 0 saturated carbocycles. The third-order valence-electron chi connectivity index (χ3n) is 4.29. The predicted octanol–water partition coefficient (Wildman–Crippen LogP) is 2.76. The summed E-state index contributed by atoms with van der Waals surface area (Å²) in [7, 11) is 0. The van der Waals surface area contributed by atoms with Crippen molar-refractivity contribution in [3.05, 3.63) is 42.1 Å². The fraction of sp³-hybridized carbons (Fsp3) is 0.421. The van der Waals surface area contributed by atoms with E-state index in [0.717, 1.165) is 38.0 Å². The zero-order valence-electron chi connectivity index (χ0n) is 14.5. The van der Waals surface area contributed by atoms with Gasteiger partial charge in [0.05, 0.1) is 6.10 Å². The average Bonchev–Trinajstić information content (AvgIpc) is 2.66. The van der Waals surface area contributed by atoms with E-state index in [1.165, 1.54) is 0 Å². The Kier molecular flexibility index (Phi) is 5.60. The first-order valence-corrected chi connectivity index (χ1v) is 8.77. The number of carbonyl (C=O) groups is 1. The lowest BCUT2D eigenvalue weighted by molar-refractivity contribution is 0.00211. The highest BCUT2D eigenvalue weighted by molar-refractivity contribution is 5.94. The molecule has 2 heterocycles. The minimum Gasteiger partial charge on any atom is -0.384 e. The van der Waals surface area contributed by atoms with E-state index in [9.17, 15) is 4.79 Å². The molecule has 1 amide bonds. The molecule has 132 valence electrons. The second-order valence-electron chi connectivity index (χ2n) is 6.27. The zero-order valence-corrected chi connectivity index (χ0v) is 14.5. The monoisotopic (exact) mass is 340 g/mol. The van der Waals surface area contributed by atoms with Crippen molar-refractivity contribution in [3.8, 4) is 11.4 Å². The van der Waals surface area contributed by atoms with E-state index in [0.29, 0.717) is 23.8 Å². The minimum absolute atomic E-state index is 0.0462. The molecule has 1 fully saturated rings. The number of benzene rings is 1. The summed E-state index contributed by atoms with van der Waals surface area (Å²) >= 11 is 0. The molecular weight excluding hydrogens is 316 g/mol. The number of nitrogens with zero attached hydrogens (tertiary/aromatic N) is 3. The van der Waals surface area contributed by atoms with Crippen molar-refractivity contribution in [2.24, 2.45) is 0 Å². The Labute approximate surface area is 148 Å². The number of nitrogen functional groups attached to an aromatic ring is 1. The number of ether oxygens (including phenoxy) is 1. The number of hydrogen-bond acceptors (Lipinski definition) is 5. The zero-order chi connectivity index (χ0) is 17.6. The number of amides is 1. The normalized spacial score (nSPS) is 17.5. The topological polar surface area (TPSA) is 81.3 Å². The number of rotatable bonds is 5. The number of nitrogens with two attached hydrogens (primary N) is 1. The molecule has 0 aliphatic carbocycles. The molecule has 0 unspecified atom stereocenters. The van der Waals surface area contributed by atoms with Crippen LogP contribution in [-0.4, -0.2) is 46.6 Å². The number of piperidine rings is 1. The molecule has 3 rings (SSSR count). The summed E-state index contributed by atoms with van der Waals surface area (Å²) in [6, 6.07) is 9.00. The van der Waals surface area contributed by atoms with Crippen LogP contribution in [0.1, 0.15) is 36.5 Å². The lowest BCUT2D eigenvalue weighted by Gasteiger charge is -2.32. The number of likely N-dealkylation sites (tertiary alicyclic amines) is 1. The number of carbonyl (C=O) groups excluding carboxylic acids is 1. The van der Waals surface area contributed by atoms with Gasteiger partial charge in [-0.2, -0.15) is 0 Å². The van der Waals surface area contributed by atoms with E-state index >= 15 is 0 Å². The van der Waals surface area contributed by atoms with Gasteiger partial charge in [0, 0.05) is 37.0 Å². The van der Waals surface area contributed by atoms with Gasteiger partial charge in [0.15, 0.2) is 5.82 Å². The van der Waals surface area contributed by atoms with Crippen LogP contribution >= 0.6 is 0 Å². The van der Waals surface area contributed by atoms with Crippen LogP contribution in [0.4, 0.5) is 5.82 Å². The summed E-state index contributed by atoms with van der Waals surface area (Å²) in [4.78, 5) is 23.0. The van der Waals surface area contributed by atoms with Gasteiger partial charge in [-0.15, -0.1) is 0 Å². The van der Waals surface area contributed by atoms with Crippen LogP contribution in [0.5, 0.6) is 0 Å². The van der Waals surface area contributed by atoms with Gasteiger partial charge in [-0.3, -0.25) is 4.79 Å². The van der Waals surface area contributed by atoms with Crippen molar-refractivity contribution in [2.45, 2.75) is 32.3 Å². The van der Waals surface area contributed by atoms with Gasteiger partial charge in [0.25, 0.3) is 5.91 Å². The number of anilines is 1. The summed E-state index contributed by atoms with van der Waals surface area (Å²) in [5.41, 5.74) is 7.21. The molecule has 25 heavy (non-hydrogen) atoms. The Hall–Kier alpha value is -2.47. The summed E-state index contributed by atoms with van der Waals surface area (Å²) in [6.07, 6.45) is 4.78. The van der Waals surface area contributed by atoms with Crippen LogP contribution in [0.2, 0.25) is 0 Å². The van der Waals surface area contributed by atoms with E-state index < -0.39 is 0 Å². The molecule has 2 N–H and O–H groups in total. The Bertz CT molecular complexity index is 718. The maximum absolute atomic E-state index is 12.7. The molecule has 0 spiro atoms. The summed E-state index contributed by atoms with van der Waals surface area (Å²) in [5, 5.41) is 0. The predicted molar refractivity (Wildman–Crippen MR) is 97.0 cm³/mol. The van der Waals surface area contributed by atoms with Crippen LogP contribution in [0.3, 0.4) is 0 Å². The molecule has 1 aromatic heterocycles. The molecule has 2 aromatic rings. The molecule has 1 saturated heterocycles. The molecule has 1 atom stereocenters. The van der Waals surface area contributed by atoms with Gasteiger partial charge in [-0.1, -0.05) is 19.1 Å². The van der Waals surface area contributed by atoms with Crippen molar-refractivity contribution >= 4 is 11.7 Å². The van der Waals surface area contributed by atoms with E-state index in [1.807, 2.05) is 29.2 Å². The van der Waals surface area contributed by atoms with E-state index in [2.05, 4.69) is 16.9 Å². The van der Waals surface area contributed by atoms with Gasteiger partial charge in [0.2, 0.25) is 0 Å². The lowest BCUT2D eigenvalue weighted by Crippen LogP contribution is -2.43. The van der Waals surface area contributed by atoms with Crippen LogP contribution < -0.4 is 5.73 Å². The van der Waals surface area contributed by atoms with Crippen molar-refractivity contribution in [3.63, 3.8) is 0 Å². The van der Waals surface area contributed by atoms with Crippen molar-refractivity contribution in [1.29, 1.82) is 0 Å². The standard InChI is InChI=1S/C19H24N4O2/c1-2-12-25-16-4-3-11-23(13-16)19(24)15-7-5-14(6-8-15)18-21-10-9-17(20)22-18/h5-10,16H,2-4,11-13H2,1H3,(H2,20,21,22)/t16-/m0/s1. The third-order valence-corrected chi connectivity index (χ3v) is 4.29. The number of aromatic nitrogens is 2. The maximum Gasteiger partial charge on any atom is 0.253 e. The molecule has 1 aliphatic rings. The molecule has 1 aromatic carbocycles. The second-order valence-corrected chi connectivity index (χ2v) is 6.27. The van der Waals surface area contributed by atoms with E-state index in [1.54, 1.807) is 12.3 Å². The third kappa shape index (κ3) is 4.33. The molecule has 1 aliphatic heterocycles. The largest absolute Gasteiger partial charge is 0.384 e. The van der Waals surface area contributed by atoms with Crippen molar-refractivity contribution < 1.29 is 9.53 Å². The van der Waals surface area contributed by atoms with Crippen LogP contribution in [0.25, 0.3) is 11.4 Å². The van der Waals surface area contributed by atoms with Crippen molar-refractivity contribution in [2.75, 3.05) is 25.4 Å². The quantitative estimate of drug-likeness (QED) is 0.905. The first kappa shape index (κ1) is 17.4. The van der Waals surface area contributed by atoms with Gasteiger partial charge in [-0.05, 0) is 37.5 Å². The fourth-order valence-electron chi connectivity index (χ4n) is 3.00. The maximum atomic E-state index is 12.7. The lowest BCUT2D eigenvalue weighted by atomic mass is 10.1. The highest BCUT2D eigenvalue weighted by atomic mass is 16.5. The molecule has 6 nitrogen and oxygen atoms in total. The van der Waals surface area contributed by atoms with Gasteiger partial charge in [-0.25, -0.2) is 9.97 Å². The van der Waals surface area contributed by atoms with Gasteiger partial charge >= 0.3 is 0 Å². The molecule has 0 radical (unpaired) electrons. The summed E-state index contributed by atoms with van der Waals surface area (Å²) < 4.78 is 5.81. The highest BCUT2D eigenvalue weighted by Crippen LogP contribution is 2.19. The summed E-state index contributed by atoms with van der Waals surface area (Å²) in [6.45, 7) is 4.29. The van der Waals surface area contributed by atoms with Crippen molar-refractivity contribution in [1.82, 2.24) is 14.9 Å². The van der Waals surface area contributed by atoms with Gasteiger partial charge in [0.1, 0.15) is 5.82 Å². The molecular formula is C19H24N4O2. The van der Waals surface area contributed by atoms with Gasteiger partial charge < -0.3 is 15.4 Å². The fourth-order valence-corrected chi connectivity index (χ4v) is 3.00. The van der Waals surface area contributed by atoms with E-state index in [4.69, 9.17) is 10.5 Å². The Morgan fingerprint density at radius 2 is 2.12 bits per heavy atom. The molecule has 0 bridgehead atoms. The smallest absolute Gasteiger partial charge is 0.253 e. The van der Waals surface area contributed by atoms with E-state index in [-0.39, 0.29) is 12.0 Å². The average molecular weight is 340 g/mol. The van der Waals surface area contributed by atoms with Crippen LogP contribution in [0.15, 0.2) is 36.5 Å². The van der Waals surface area contributed by atoms with Crippen LogP contribution in [-0.2, 0) is 4.74 Å². The summed E-state index contributed by atoms with van der Waals surface area (Å²) in [5.74, 6) is 1.03. The SMILES string of the molecule is CCCO[C@H]1CCCN(C(=O)c2ccc(-c3nccc(N)n3)cc2)C1. The molecule has 6 heteroatoms. The Morgan fingerprint density at radius 1 is 1.32 bits per heavy atom. The minimum atomic E-state index is 0.0462. The highest BCUT2D eigenvalue weighted by Gasteiger charge is 2.24.